The fraction of sp³-hybridized carbons (Fsp3) is 0.200. The molecule has 0 aliphatic carbocycles. The highest BCUT2D eigenvalue weighted by molar-refractivity contribution is 5.54. The van der Waals surface area contributed by atoms with Gasteiger partial charge in [-0.2, -0.15) is 5.26 Å². The standard InChI is InChI=1S/C10H8FN2O2/c1-7(5-11)8-3-2-4-10(13(14)15)9(8)6-12/h2-4,7H,1,5H2. The zero-order chi connectivity index (χ0) is 11.4. The first kappa shape index (κ1) is 11.1. The second-order valence-electron chi connectivity index (χ2n) is 2.96. The molecule has 5 heteroatoms. The SMILES string of the molecule is [CH2]C(CF)c1cccc([N+](=O)[O-])c1C#N. The maximum absolute atomic E-state index is 12.4. The molecule has 4 nitrogen and oxygen atoms in total. The van der Waals surface area contributed by atoms with Crippen LogP contribution in [0.5, 0.6) is 0 Å². The monoisotopic (exact) mass is 207 g/mol. The summed E-state index contributed by atoms with van der Waals surface area (Å²) in [4.78, 5) is 9.92. The van der Waals surface area contributed by atoms with Crippen LogP contribution in [0.15, 0.2) is 18.2 Å². The molecular weight excluding hydrogens is 199 g/mol. The Bertz CT molecular complexity index is 426. The number of nitriles is 1. The van der Waals surface area contributed by atoms with Crippen LogP contribution in [0.1, 0.15) is 17.0 Å². The van der Waals surface area contributed by atoms with Gasteiger partial charge in [-0.25, -0.2) is 0 Å². The molecule has 0 fully saturated rings. The fourth-order valence-corrected chi connectivity index (χ4v) is 1.25. The smallest absolute Gasteiger partial charge is 0.258 e. The Morgan fingerprint density at radius 3 is 2.80 bits per heavy atom. The van der Waals surface area contributed by atoms with Crippen LogP contribution in [-0.2, 0) is 0 Å². The molecule has 1 radical (unpaired) electrons. The van der Waals surface area contributed by atoms with E-state index in [1.54, 1.807) is 6.07 Å². The summed E-state index contributed by atoms with van der Waals surface area (Å²) >= 11 is 0. The third kappa shape index (κ3) is 2.10. The van der Waals surface area contributed by atoms with Gasteiger partial charge in [0.1, 0.15) is 11.6 Å². The molecule has 0 saturated heterocycles. The molecule has 0 saturated carbocycles. The third-order valence-electron chi connectivity index (χ3n) is 2.01. The molecule has 1 unspecified atom stereocenters. The molecule has 15 heavy (non-hydrogen) atoms. The number of hydrogen-bond acceptors (Lipinski definition) is 3. The molecule has 0 aromatic heterocycles. The average Bonchev–Trinajstić information content (AvgIpc) is 2.26. The summed E-state index contributed by atoms with van der Waals surface area (Å²) < 4.78 is 12.4. The molecule has 0 spiro atoms. The van der Waals surface area contributed by atoms with Crippen LogP contribution in [0.2, 0.25) is 0 Å². The quantitative estimate of drug-likeness (QED) is 0.564. The van der Waals surface area contributed by atoms with Gasteiger partial charge in [0.2, 0.25) is 0 Å². The molecule has 0 aliphatic rings. The number of halogens is 1. The van der Waals surface area contributed by atoms with Crippen molar-refractivity contribution in [3.63, 3.8) is 0 Å². The zero-order valence-electron chi connectivity index (χ0n) is 7.81. The Balaban J connectivity index is 3.36. The van der Waals surface area contributed by atoms with Crippen molar-refractivity contribution in [2.75, 3.05) is 6.67 Å². The summed E-state index contributed by atoms with van der Waals surface area (Å²) in [5, 5.41) is 19.4. The van der Waals surface area contributed by atoms with Gasteiger partial charge in [0.05, 0.1) is 11.6 Å². The van der Waals surface area contributed by atoms with Gasteiger partial charge in [0.15, 0.2) is 0 Å². The minimum atomic E-state index is -0.754. The number of nitro benzene ring substituents is 1. The van der Waals surface area contributed by atoms with Crippen molar-refractivity contribution in [3.8, 4) is 6.07 Å². The maximum atomic E-state index is 12.4. The van der Waals surface area contributed by atoms with E-state index in [0.717, 1.165) is 0 Å². The number of benzene rings is 1. The topological polar surface area (TPSA) is 66.9 Å². The van der Waals surface area contributed by atoms with Crippen LogP contribution in [-0.4, -0.2) is 11.6 Å². The molecule has 0 heterocycles. The number of nitrogens with zero attached hydrogens (tertiary/aromatic N) is 2. The molecule has 1 atom stereocenters. The van der Waals surface area contributed by atoms with Crippen molar-refractivity contribution in [1.82, 2.24) is 0 Å². The molecule has 0 amide bonds. The minimum Gasteiger partial charge on any atom is -0.258 e. The van der Waals surface area contributed by atoms with E-state index in [-0.39, 0.29) is 16.8 Å². The normalized spacial score (nSPS) is 11.8. The Kier molecular flexibility index (Phi) is 3.34. The Hall–Kier alpha value is -1.96. The Morgan fingerprint density at radius 1 is 1.67 bits per heavy atom. The first-order chi connectivity index (χ1) is 7.11. The Labute approximate surface area is 86.1 Å². The molecule has 0 bridgehead atoms. The van der Waals surface area contributed by atoms with Crippen molar-refractivity contribution in [2.45, 2.75) is 5.92 Å². The highest BCUT2D eigenvalue weighted by Crippen LogP contribution is 2.27. The fourth-order valence-electron chi connectivity index (χ4n) is 1.25. The Morgan fingerprint density at radius 2 is 2.33 bits per heavy atom. The number of nitro groups is 1. The van der Waals surface area contributed by atoms with Crippen LogP contribution in [0.4, 0.5) is 10.1 Å². The first-order valence-corrected chi connectivity index (χ1v) is 4.18. The second kappa shape index (κ2) is 4.51. The van der Waals surface area contributed by atoms with Crippen molar-refractivity contribution < 1.29 is 9.31 Å². The summed E-state index contributed by atoms with van der Waals surface area (Å²) in [7, 11) is 0. The van der Waals surface area contributed by atoms with Gasteiger partial charge in [-0.1, -0.05) is 12.1 Å². The summed E-state index contributed by atoms with van der Waals surface area (Å²) in [6.45, 7) is 2.73. The maximum Gasteiger partial charge on any atom is 0.287 e. The lowest BCUT2D eigenvalue weighted by Gasteiger charge is -2.08. The molecule has 1 rings (SSSR count). The minimum absolute atomic E-state index is 0.111. The van der Waals surface area contributed by atoms with Crippen molar-refractivity contribution >= 4 is 5.69 Å². The van der Waals surface area contributed by atoms with E-state index in [1.807, 2.05) is 0 Å². The van der Waals surface area contributed by atoms with Gasteiger partial charge >= 0.3 is 0 Å². The van der Waals surface area contributed by atoms with Crippen LogP contribution in [0.25, 0.3) is 0 Å². The van der Waals surface area contributed by atoms with E-state index in [9.17, 15) is 14.5 Å². The van der Waals surface area contributed by atoms with Crippen LogP contribution >= 0.6 is 0 Å². The number of rotatable bonds is 3. The predicted octanol–water partition coefficient (Wildman–Crippen LogP) is 2.35. The van der Waals surface area contributed by atoms with E-state index in [2.05, 4.69) is 6.92 Å². The van der Waals surface area contributed by atoms with E-state index >= 15 is 0 Å². The largest absolute Gasteiger partial charge is 0.287 e. The lowest BCUT2D eigenvalue weighted by Crippen LogP contribution is -2.02. The average molecular weight is 207 g/mol. The molecule has 0 aliphatic heterocycles. The lowest BCUT2D eigenvalue weighted by molar-refractivity contribution is -0.385. The molecule has 1 aromatic carbocycles. The predicted molar refractivity (Wildman–Crippen MR) is 51.9 cm³/mol. The van der Waals surface area contributed by atoms with Crippen molar-refractivity contribution in [3.05, 3.63) is 46.4 Å². The van der Waals surface area contributed by atoms with Gasteiger partial charge in [0.25, 0.3) is 5.69 Å². The summed E-state index contributed by atoms with van der Waals surface area (Å²) in [5.41, 5.74) is -0.147. The van der Waals surface area contributed by atoms with Gasteiger partial charge in [-0.15, -0.1) is 0 Å². The van der Waals surface area contributed by atoms with Gasteiger partial charge in [-0.05, 0) is 12.5 Å². The zero-order valence-corrected chi connectivity index (χ0v) is 7.81. The molecule has 1 aromatic rings. The lowest BCUT2D eigenvalue weighted by atomic mass is 9.96. The molecular formula is C10H8FN2O2. The van der Waals surface area contributed by atoms with Crippen molar-refractivity contribution in [1.29, 1.82) is 5.26 Å². The first-order valence-electron chi connectivity index (χ1n) is 4.18. The van der Waals surface area contributed by atoms with Gasteiger partial charge in [0, 0.05) is 12.0 Å². The van der Waals surface area contributed by atoms with Gasteiger partial charge in [-0.3, -0.25) is 14.5 Å². The van der Waals surface area contributed by atoms with E-state index in [1.165, 1.54) is 18.2 Å². The highest BCUT2D eigenvalue weighted by atomic mass is 19.1. The number of alkyl halides is 1. The molecule has 0 N–H and O–H groups in total. The van der Waals surface area contributed by atoms with Crippen LogP contribution in [0.3, 0.4) is 0 Å². The van der Waals surface area contributed by atoms with E-state index in [4.69, 9.17) is 5.26 Å². The second-order valence-corrected chi connectivity index (χ2v) is 2.96. The highest BCUT2D eigenvalue weighted by Gasteiger charge is 2.20. The van der Waals surface area contributed by atoms with E-state index < -0.39 is 17.5 Å². The van der Waals surface area contributed by atoms with Gasteiger partial charge < -0.3 is 0 Å². The summed E-state index contributed by atoms with van der Waals surface area (Å²) in [5.74, 6) is -0.750. The summed E-state index contributed by atoms with van der Waals surface area (Å²) in [6, 6.07) is 5.82. The van der Waals surface area contributed by atoms with E-state index in [0.29, 0.717) is 0 Å². The molecule has 77 valence electrons. The summed E-state index contributed by atoms with van der Waals surface area (Å²) in [6.07, 6.45) is 0. The third-order valence-corrected chi connectivity index (χ3v) is 2.01. The van der Waals surface area contributed by atoms with Crippen LogP contribution in [0, 0.1) is 28.4 Å². The van der Waals surface area contributed by atoms with Crippen LogP contribution < -0.4 is 0 Å². The van der Waals surface area contributed by atoms with Crippen molar-refractivity contribution in [2.24, 2.45) is 0 Å². The number of hydrogen-bond donors (Lipinski definition) is 0.